The lowest BCUT2D eigenvalue weighted by Gasteiger charge is -2.25. The highest BCUT2D eigenvalue weighted by Crippen LogP contribution is 2.21. The van der Waals surface area contributed by atoms with Crippen molar-refractivity contribution in [2.24, 2.45) is 0 Å². The van der Waals surface area contributed by atoms with E-state index in [2.05, 4.69) is 0 Å². The van der Waals surface area contributed by atoms with E-state index in [1.54, 1.807) is 6.07 Å². The molecule has 0 aromatic heterocycles. The summed E-state index contributed by atoms with van der Waals surface area (Å²) in [5, 5.41) is 19.5. The van der Waals surface area contributed by atoms with Crippen molar-refractivity contribution >= 4 is 17.9 Å². The van der Waals surface area contributed by atoms with E-state index in [1.165, 1.54) is 17.0 Å². The molecule has 1 amide bonds. The van der Waals surface area contributed by atoms with E-state index in [4.69, 9.17) is 5.11 Å². The van der Waals surface area contributed by atoms with Gasteiger partial charge in [-0.3, -0.25) is 10.1 Å². The minimum absolute atomic E-state index is 0.0670. The molecule has 0 spiro atoms. The number of nitro groups is 1. The van der Waals surface area contributed by atoms with Gasteiger partial charge in [0.15, 0.2) is 0 Å². The van der Waals surface area contributed by atoms with Gasteiger partial charge < -0.3 is 10.0 Å². The van der Waals surface area contributed by atoms with Gasteiger partial charge in [0.1, 0.15) is 0 Å². The van der Waals surface area contributed by atoms with Crippen LogP contribution >= 0.6 is 0 Å². The Morgan fingerprint density at radius 3 is 2.63 bits per heavy atom. The van der Waals surface area contributed by atoms with Crippen molar-refractivity contribution in [3.63, 3.8) is 0 Å². The SMILES string of the molecule is O=C(O)N1CCC(=Cc2cccc([N+](=O)[O-])c2)CC1. The molecule has 0 radical (unpaired) electrons. The first-order valence-electron chi connectivity index (χ1n) is 5.98. The maximum atomic E-state index is 10.8. The number of likely N-dealkylation sites (tertiary alicyclic amines) is 1. The van der Waals surface area contributed by atoms with Crippen LogP contribution in [0.15, 0.2) is 29.8 Å². The highest BCUT2D eigenvalue weighted by atomic mass is 16.6. The molecule has 1 aliphatic heterocycles. The summed E-state index contributed by atoms with van der Waals surface area (Å²) in [5.74, 6) is 0. The molecule has 1 saturated heterocycles. The second kappa shape index (κ2) is 5.51. The molecule has 0 aliphatic carbocycles. The van der Waals surface area contributed by atoms with Crippen molar-refractivity contribution in [1.82, 2.24) is 4.90 Å². The third kappa shape index (κ3) is 3.31. The lowest BCUT2D eigenvalue weighted by atomic mass is 10.0. The molecular weight excluding hydrogens is 248 g/mol. The minimum atomic E-state index is -0.894. The van der Waals surface area contributed by atoms with Crippen LogP contribution in [0.4, 0.5) is 10.5 Å². The molecule has 0 bridgehead atoms. The number of nitro benzene ring substituents is 1. The summed E-state index contributed by atoms with van der Waals surface area (Å²) in [5.41, 5.74) is 1.98. The van der Waals surface area contributed by atoms with Gasteiger partial charge in [-0.1, -0.05) is 23.8 Å². The molecule has 19 heavy (non-hydrogen) atoms. The molecule has 0 atom stereocenters. The van der Waals surface area contributed by atoms with Gasteiger partial charge in [0.2, 0.25) is 0 Å². The second-order valence-corrected chi connectivity index (χ2v) is 4.42. The molecule has 2 rings (SSSR count). The van der Waals surface area contributed by atoms with E-state index in [9.17, 15) is 14.9 Å². The standard InChI is InChI=1S/C13H14N2O4/c16-13(17)14-6-4-10(5-7-14)8-11-2-1-3-12(9-11)15(18)19/h1-3,8-9H,4-7H2,(H,16,17). The molecule has 6 heteroatoms. The predicted molar refractivity (Wildman–Crippen MR) is 69.9 cm³/mol. The smallest absolute Gasteiger partial charge is 0.407 e. The van der Waals surface area contributed by atoms with E-state index in [-0.39, 0.29) is 5.69 Å². The van der Waals surface area contributed by atoms with Crippen LogP contribution in [-0.2, 0) is 0 Å². The number of carboxylic acid groups (broad SMARTS) is 1. The summed E-state index contributed by atoms with van der Waals surface area (Å²) < 4.78 is 0. The van der Waals surface area contributed by atoms with Crippen molar-refractivity contribution in [2.75, 3.05) is 13.1 Å². The van der Waals surface area contributed by atoms with Crippen LogP contribution in [0.3, 0.4) is 0 Å². The van der Waals surface area contributed by atoms with E-state index in [0.717, 1.165) is 11.1 Å². The Labute approximate surface area is 110 Å². The summed E-state index contributed by atoms with van der Waals surface area (Å²) in [6.07, 6.45) is 2.37. The highest BCUT2D eigenvalue weighted by Gasteiger charge is 2.17. The molecule has 0 unspecified atom stereocenters. The third-order valence-electron chi connectivity index (χ3n) is 3.13. The molecule has 100 valence electrons. The van der Waals surface area contributed by atoms with Gasteiger partial charge in [-0.25, -0.2) is 4.79 Å². The van der Waals surface area contributed by atoms with Crippen LogP contribution in [0.1, 0.15) is 18.4 Å². The van der Waals surface area contributed by atoms with Crippen molar-refractivity contribution in [3.8, 4) is 0 Å². The number of non-ortho nitro benzene ring substituents is 1. The quantitative estimate of drug-likeness (QED) is 0.656. The van der Waals surface area contributed by atoms with Crippen molar-refractivity contribution in [1.29, 1.82) is 0 Å². The number of nitrogens with zero attached hydrogens (tertiary/aromatic N) is 2. The normalized spacial score (nSPS) is 15.2. The first-order valence-corrected chi connectivity index (χ1v) is 5.98. The third-order valence-corrected chi connectivity index (χ3v) is 3.13. The van der Waals surface area contributed by atoms with Gasteiger partial charge in [-0.2, -0.15) is 0 Å². The molecule has 1 N–H and O–H groups in total. The summed E-state index contributed by atoms with van der Waals surface area (Å²) in [4.78, 5) is 22.4. The number of hydrogen-bond acceptors (Lipinski definition) is 3. The lowest BCUT2D eigenvalue weighted by molar-refractivity contribution is -0.384. The largest absolute Gasteiger partial charge is 0.465 e. The fourth-order valence-corrected chi connectivity index (χ4v) is 2.09. The van der Waals surface area contributed by atoms with Crippen LogP contribution in [0.2, 0.25) is 0 Å². The van der Waals surface area contributed by atoms with E-state index in [0.29, 0.717) is 25.9 Å². The first kappa shape index (κ1) is 13.1. The summed E-state index contributed by atoms with van der Waals surface area (Å²) in [7, 11) is 0. The van der Waals surface area contributed by atoms with Crippen molar-refractivity contribution in [2.45, 2.75) is 12.8 Å². The van der Waals surface area contributed by atoms with E-state index in [1.807, 2.05) is 12.1 Å². The second-order valence-electron chi connectivity index (χ2n) is 4.42. The average Bonchev–Trinajstić information content (AvgIpc) is 2.39. The monoisotopic (exact) mass is 262 g/mol. The minimum Gasteiger partial charge on any atom is -0.465 e. The highest BCUT2D eigenvalue weighted by molar-refractivity contribution is 5.65. The Morgan fingerprint density at radius 2 is 2.05 bits per heavy atom. The fraction of sp³-hybridized carbons (Fsp3) is 0.308. The van der Waals surface area contributed by atoms with Gasteiger partial charge in [-0.15, -0.1) is 0 Å². The Balaban J connectivity index is 2.08. The summed E-state index contributed by atoms with van der Waals surface area (Å²) in [6, 6.07) is 6.44. The zero-order chi connectivity index (χ0) is 13.8. The van der Waals surface area contributed by atoms with E-state index < -0.39 is 11.0 Å². The lowest BCUT2D eigenvalue weighted by Crippen LogP contribution is -2.35. The van der Waals surface area contributed by atoms with E-state index >= 15 is 0 Å². The molecule has 1 heterocycles. The zero-order valence-corrected chi connectivity index (χ0v) is 10.3. The Hall–Kier alpha value is -2.37. The van der Waals surface area contributed by atoms with Crippen molar-refractivity contribution < 1.29 is 14.8 Å². The molecular formula is C13H14N2O4. The van der Waals surface area contributed by atoms with Crippen LogP contribution in [0, 0.1) is 10.1 Å². The van der Waals surface area contributed by atoms with Gasteiger partial charge in [-0.05, 0) is 18.4 Å². The number of rotatable bonds is 2. The van der Waals surface area contributed by atoms with Crippen molar-refractivity contribution in [3.05, 3.63) is 45.5 Å². The molecule has 1 aromatic rings. The number of carbonyl (C=O) groups is 1. The summed E-state index contributed by atoms with van der Waals surface area (Å²) in [6.45, 7) is 0.964. The maximum Gasteiger partial charge on any atom is 0.407 e. The Bertz CT molecular complexity index is 529. The number of amides is 1. The van der Waals surface area contributed by atoms with Crippen LogP contribution < -0.4 is 0 Å². The average molecular weight is 262 g/mol. The number of piperidine rings is 1. The van der Waals surface area contributed by atoms with Gasteiger partial charge in [0.05, 0.1) is 4.92 Å². The number of benzene rings is 1. The predicted octanol–water partition coefficient (Wildman–Crippen LogP) is 2.75. The van der Waals surface area contributed by atoms with Crippen LogP contribution in [-0.4, -0.2) is 34.1 Å². The first-order chi connectivity index (χ1) is 9.06. The van der Waals surface area contributed by atoms with Crippen LogP contribution in [0.25, 0.3) is 6.08 Å². The Kier molecular flexibility index (Phi) is 3.79. The van der Waals surface area contributed by atoms with Gasteiger partial charge >= 0.3 is 6.09 Å². The Morgan fingerprint density at radius 1 is 1.37 bits per heavy atom. The zero-order valence-electron chi connectivity index (χ0n) is 10.3. The summed E-state index contributed by atoms with van der Waals surface area (Å²) >= 11 is 0. The van der Waals surface area contributed by atoms with Crippen LogP contribution in [0.5, 0.6) is 0 Å². The molecule has 1 aliphatic rings. The molecule has 1 aromatic carbocycles. The molecule has 6 nitrogen and oxygen atoms in total. The maximum absolute atomic E-state index is 10.8. The topological polar surface area (TPSA) is 83.7 Å². The number of hydrogen-bond donors (Lipinski definition) is 1. The van der Waals surface area contributed by atoms with Gasteiger partial charge in [0, 0.05) is 25.2 Å². The molecule has 0 saturated carbocycles. The fourth-order valence-electron chi connectivity index (χ4n) is 2.09. The molecule has 1 fully saturated rings. The van der Waals surface area contributed by atoms with Gasteiger partial charge in [0.25, 0.3) is 5.69 Å².